The second-order valence-electron chi connectivity index (χ2n) is 6.72. The molecule has 0 saturated carbocycles. The molecule has 0 unspecified atom stereocenters. The molecule has 134 valence electrons. The summed E-state index contributed by atoms with van der Waals surface area (Å²) >= 11 is 0. The lowest BCUT2D eigenvalue weighted by Crippen LogP contribution is -2.59. The van der Waals surface area contributed by atoms with Crippen LogP contribution >= 0.6 is 0 Å². The molecule has 1 heterocycles. The highest BCUT2D eigenvalue weighted by molar-refractivity contribution is 5.69. The standard InChI is InChI=1S/C20H20FN3O2/c1-13-9-15(16-10-14(11-22)3-6-18(16)21)4-5-17(13)20(2)12-23-7-8-24(20)19(25)26/h3-6,9-10,23H,7-8,12H2,1-2H3,(H,25,26)/t20-/m1/s1. The minimum Gasteiger partial charge on any atom is -0.465 e. The van der Waals surface area contributed by atoms with E-state index in [1.54, 1.807) is 6.07 Å². The van der Waals surface area contributed by atoms with Gasteiger partial charge in [0.1, 0.15) is 5.82 Å². The predicted octanol–water partition coefficient (Wildman–Crippen LogP) is 3.47. The Kier molecular flexibility index (Phi) is 4.66. The van der Waals surface area contributed by atoms with Crippen molar-refractivity contribution in [3.8, 4) is 17.2 Å². The molecule has 1 fully saturated rings. The Labute approximate surface area is 151 Å². The lowest BCUT2D eigenvalue weighted by atomic mass is 9.84. The van der Waals surface area contributed by atoms with Crippen molar-refractivity contribution in [1.29, 1.82) is 5.26 Å². The molecule has 2 aromatic rings. The van der Waals surface area contributed by atoms with Gasteiger partial charge in [-0.1, -0.05) is 18.2 Å². The topological polar surface area (TPSA) is 76.4 Å². The number of nitrogens with one attached hydrogen (secondary N) is 1. The van der Waals surface area contributed by atoms with E-state index in [9.17, 15) is 14.3 Å². The lowest BCUT2D eigenvalue weighted by molar-refractivity contribution is 0.0649. The number of hydrogen-bond donors (Lipinski definition) is 2. The van der Waals surface area contributed by atoms with Crippen LogP contribution in [0.2, 0.25) is 0 Å². The maximum Gasteiger partial charge on any atom is 0.408 e. The summed E-state index contributed by atoms with van der Waals surface area (Å²) in [6, 6.07) is 11.8. The van der Waals surface area contributed by atoms with Crippen LogP contribution in [-0.4, -0.2) is 35.7 Å². The number of aryl methyl sites for hydroxylation is 1. The van der Waals surface area contributed by atoms with Crippen LogP contribution in [0.1, 0.15) is 23.6 Å². The van der Waals surface area contributed by atoms with Gasteiger partial charge in [0.15, 0.2) is 0 Å². The van der Waals surface area contributed by atoms with Crippen LogP contribution in [0.15, 0.2) is 36.4 Å². The molecule has 2 N–H and O–H groups in total. The van der Waals surface area contributed by atoms with Crippen LogP contribution < -0.4 is 5.32 Å². The summed E-state index contributed by atoms with van der Waals surface area (Å²) in [4.78, 5) is 13.1. The molecule has 0 bridgehead atoms. The third-order valence-corrected chi connectivity index (χ3v) is 5.02. The first-order valence-electron chi connectivity index (χ1n) is 8.39. The summed E-state index contributed by atoms with van der Waals surface area (Å²) < 4.78 is 14.2. The van der Waals surface area contributed by atoms with Gasteiger partial charge < -0.3 is 10.4 Å². The van der Waals surface area contributed by atoms with Crippen LogP contribution in [0.3, 0.4) is 0 Å². The minimum atomic E-state index is -0.953. The van der Waals surface area contributed by atoms with E-state index in [0.29, 0.717) is 36.3 Å². The summed E-state index contributed by atoms with van der Waals surface area (Å²) in [6.07, 6.45) is -0.953. The molecular formula is C20H20FN3O2. The molecule has 1 amide bonds. The molecule has 26 heavy (non-hydrogen) atoms. The number of halogens is 1. The van der Waals surface area contributed by atoms with Crippen molar-refractivity contribution in [3.05, 3.63) is 58.9 Å². The summed E-state index contributed by atoms with van der Waals surface area (Å²) in [6.45, 7) is 5.33. The van der Waals surface area contributed by atoms with E-state index < -0.39 is 17.4 Å². The summed E-state index contributed by atoms with van der Waals surface area (Å²) in [5, 5.41) is 21.9. The zero-order valence-corrected chi connectivity index (χ0v) is 14.7. The van der Waals surface area contributed by atoms with Crippen molar-refractivity contribution in [2.24, 2.45) is 0 Å². The number of hydrogen-bond acceptors (Lipinski definition) is 3. The Morgan fingerprint density at radius 1 is 1.35 bits per heavy atom. The average Bonchev–Trinajstić information content (AvgIpc) is 2.62. The molecule has 0 spiro atoms. The maximum atomic E-state index is 14.2. The highest BCUT2D eigenvalue weighted by atomic mass is 19.1. The van der Waals surface area contributed by atoms with E-state index in [1.165, 1.54) is 23.1 Å². The van der Waals surface area contributed by atoms with Gasteiger partial charge in [0.05, 0.1) is 17.2 Å². The van der Waals surface area contributed by atoms with E-state index in [-0.39, 0.29) is 0 Å². The number of piperazine rings is 1. The Morgan fingerprint density at radius 2 is 2.12 bits per heavy atom. The van der Waals surface area contributed by atoms with E-state index in [4.69, 9.17) is 5.26 Å². The predicted molar refractivity (Wildman–Crippen MR) is 96.2 cm³/mol. The first kappa shape index (κ1) is 17.9. The van der Waals surface area contributed by atoms with Gasteiger partial charge in [-0.05, 0) is 48.7 Å². The molecule has 3 rings (SSSR count). The fraction of sp³-hybridized carbons (Fsp3) is 0.300. The number of amides is 1. The zero-order chi connectivity index (χ0) is 18.9. The van der Waals surface area contributed by atoms with Gasteiger partial charge in [0.2, 0.25) is 0 Å². The second-order valence-corrected chi connectivity index (χ2v) is 6.72. The average molecular weight is 353 g/mol. The highest BCUT2D eigenvalue weighted by Crippen LogP contribution is 2.34. The van der Waals surface area contributed by atoms with Crippen molar-refractivity contribution < 1.29 is 14.3 Å². The van der Waals surface area contributed by atoms with Gasteiger partial charge in [-0.3, -0.25) is 4.90 Å². The van der Waals surface area contributed by atoms with Crippen molar-refractivity contribution >= 4 is 6.09 Å². The Hall–Kier alpha value is -2.91. The van der Waals surface area contributed by atoms with Gasteiger partial charge in [0, 0.05) is 25.2 Å². The Morgan fingerprint density at radius 3 is 2.77 bits per heavy atom. The number of nitriles is 1. The van der Waals surface area contributed by atoms with Crippen molar-refractivity contribution in [1.82, 2.24) is 10.2 Å². The number of benzene rings is 2. The Balaban J connectivity index is 2.06. The molecule has 6 heteroatoms. The highest BCUT2D eigenvalue weighted by Gasteiger charge is 2.40. The maximum absolute atomic E-state index is 14.2. The molecule has 5 nitrogen and oxygen atoms in total. The first-order valence-corrected chi connectivity index (χ1v) is 8.39. The van der Waals surface area contributed by atoms with Gasteiger partial charge in [-0.15, -0.1) is 0 Å². The van der Waals surface area contributed by atoms with Crippen molar-refractivity contribution in [3.63, 3.8) is 0 Å². The Bertz CT molecular complexity index is 906. The quantitative estimate of drug-likeness (QED) is 0.867. The molecule has 0 aromatic heterocycles. The van der Waals surface area contributed by atoms with Gasteiger partial charge >= 0.3 is 6.09 Å². The van der Waals surface area contributed by atoms with Crippen molar-refractivity contribution in [2.45, 2.75) is 19.4 Å². The lowest BCUT2D eigenvalue weighted by Gasteiger charge is -2.44. The van der Waals surface area contributed by atoms with Crippen LogP contribution in [0.5, 0.6) is 0 Å². The number of rotatable bonds is 2. The van der Waals surface area contributed by atoms with Crippen LogP contribution in [0.25, 0.3) is 11.1 Å². The molecule has 0 aliphatic carbocycles. The molecule has 1 aliphatic heterocycles. The second kappa shape index (κ2) is 6.77. The normalized spacial score (nSPS) is 19.8. The van der Waals surface area contributed by atoms with E-state index >= 15 is 0 Å². The molecule has 2 aromatic carbocycles. The van der Waals surface area contributed by atoms with Crippen LogP contribution in [-0.2, 0) is 5.54 Å². The van der Waals surface area contributed by atoms with E-state index in [0.717, 1.165) is 11.1 Å². The monoisotopic (exact) mass is 353 g/mol. The van der Waals surface area contributed by atoms with Gasteiger partial charge in [-0.25, -0.2) is 9.18 Å². The summed E-state index contributed by atoms with van der Waals surface area (Å²) in [5.74, 6) is -0.395. The molecular weight excluding hydrogens is 333 g/mol. The molecule has 0 radical (unpaired) electrons. The molecule has 1 aliphatic rings. The molecule has 1 atom stereocenters. The SMILES string of the molecule is Cc1cc(-c2cc(C#N)ccc2F)ccc1[C@@]1(C)CNCCN1C(=O)O. The van der Waals surface area contributed by atoms with Crippen molar-refractivity contribution in [2.75, 3.05) is 19.6 Å². The van der Waals surface area contributed by atoms with Gasteiger partial charge in [0.25, 0.3) is 0 Å². The number of carbonyl (C=O) groups is 1. The largest absolute Gasteiger partial charge is 0.465 e. The third-order valence-electron chi connectivity index (χ3n) is 5.02. The van der Waals surface area contributed by atoms with Crippen LogP contribution in [0.4, 0.5) is 9.18 Å². The zero-order valence-electron chi connectivity index (χ0n) is 14.7. The van der Waals surface area contributed by atoms with E-state index in [1.807, 2.05) is 32.0 Å². The number of carboxylic acid groups (broad SMARTS) is 1. The minimum absolute atomic E-state index is 0.362. The van der Waals surface area contributed by atoms with E-state index in [2.05, 4.69) is 5.32 Å². The molecule has 1 saturated heterocycles. The number of nitrogens with zero attached hydrogens (tertiary/aromatic N) is 2. The van der Waals surface area contributed by atoms with Crippen LogP contribution in [0, 0.1) is 24.1 Å². The fourth-order valence-corrected chi connectivity index (χ4v) is 3.66. The fourth-order valence-electron chi connectivity index (χ4n) is 3.66. The first-order chi connectivity index (χ1) is 12.4. The smallest absolute Gasteiger partial charge is 0.408 e. The summed E-state index contributed by atoms with van der Waals surface area (Å²) in [7, 11) is 0. The summed E-state index contributed by atoms with van der Waals surface area (Å²) in [5.41, 5.74) is 2.48. The van der Waals surface area contributed by atoms with Gasteiger partial charge in [-0.2, -0.15) is 5.26 Å². The third kappa shape index (κ3) is 3.02.